The Labute approximate surface area is 202 Å². The van der Waals surface area contributed by atoms with Crippen LogP contribution < -0.4 is 10.9 Å². The molecule has 0 radical (unpaired) electrons. The maximum Gasteiger partial charge on any atom is 0.279 e. The van der Waals surface area contributed by atoms with Crippen LogP contribution in [0.5, 0.6) is 0 Å². The van der Waals surface area contributed by atoms with E-state index < -0.39 is 5.82 Å². The summed E-state index contributed by atoms with van der Waals surface area (Å²) in [6.07, 6.45) is 3.09. The molecule has 2 aliphatic rings. The minimum Gasteiger partial charge on any atom is -0.381 e. The van der Waals surface area contributed by atoms with Crippen LogP contribution >= 0.6 is 0 Å². The predicted octanol–water partition coefficient (Wildman–Crippen LogP) is 2.71. The Hall–Kier alpha value is -3.11. The van der Waals surface area contributed by atoms with Gasteiger partial charge in [0.05, 0.1) is 17.5 Å². The molecular weight excluding hydrogens is 451 g/mol. The summed E-state index contributed by atoms with van der Waals surface area (Å²) in [6, 6.07) is 4.57. The third-order valence-corrected chi connectivity index (χ3v) is 6.77. The van der Waals surface area contributed by atoms with Crippen LogP contribution in [0.3, 0.4) is 0 Å². The van der Waals surface area contributed by atoms with Gasteiger partial charge in [-0.15, -0.1) is 0 Å². The maximum atomic E-state index is 13.5. The summed E-state index contributed by atoms with van der Waals surface area (Å²) in [5.41, 5.74) is 2.52. The largest absolute Gasteiger partial charge is 0.381 e. The lowest BCUT2D eigenvalue weighted by molar-refractivity contribution is -0.116. The Morgan fingerprint density at radius 1 is 1.23 bits per heavy atom. The first-order valence-electron chi connectivity index (χ1n) is 12.1. The number of anilines is 1. The topological polar surface area (TPSA) is 93.8 Å². The van der Waals surface area contributed by atoms with Crippen LogP contribution in [0.4, 0.5) is 10.2 Å². The molecule has 1 saturated heterocycles. The quantitative estimate of drug-likeness (QED) is 0.601. The molecule has 5 rings (SSSR count). The van der Waals surface area contributed by atoms with Crippen LogP contribution in [-0.2, 0) is 34.6 Å². The van der Waals surface area contributed by atoms with E-state index in [9.17, 15) is 14.0 Å². The molecule has 1 fully saturated rings. The molecule has 186 valence electrons. The molecule has 3 aromatic heterocycles. The summed E-state index contributed by atoms with van der Waals surface area (Å²) in [6.45, 7) is 9.69. The number of pyridine rings is 1. The Balaban J connectivity index is 1.49. The molecular formula is C25H31FN6O3. The average molecular weight is 483 g/mol. The number of nitrogens with zero attached hydrogens (tertiary/aromatic N) is 5. The molecule has 1 amide bonds. The average Bonchev–Trinajstić information content (AvgIpc) is 3.44. The van der Waals surface area contributed by atoms with Crippen molar-refractivity contribution in [1.29, 1.82) is 0 Å². The second-order valence-corrected chi connectivity index (χ2v) is 10.5. The third kappa shape index (κ3) is 4.85. The van der Waals surface area contributed by atoms with Crippen LogP contribution in [0.1, 0.15) is 50.6 Å². The van der Waals surface area contributed by atoms with E-state index in [2.05, 4.69) is 20.3 Å². The van der Waals surface area contributed by atoms with Gasteiger partial charge in [-0.1, -0.05) is 20.8 Å². The molecule has 1 N–H and O–H groups in total. The van der Waals surface area contributed by atoms with Crippen LogP contribution in [0, 0.1) is 11.7 Å². The van der Waals surface area contributed by atoms with Gasteiger partial charge in [0.2, 0.25) is 5.91 Å². The number of nitrogens with one attached hydrogen (secondary N) is 1. The van der Waals surface area contributed by atoms with Gasteiger partial charge in [0.25, 0.3) is 5.56 Å². The molecule has 35 heavy (non-hydrogen) atoms. The number of carbonyl (C=O) groups is 1. The molecule has 0 unspecified atom stereocenters. The lowest BCUT2D eigenvalue weighted by atomic mass is 9.93. The molecule has 5 heterocycles. The second kappa shape index (κ2) is 9.16. The molecule has 0 aliphatic carbocycles. The van der Waals surface area contributed by atoms with Gasteiger partial charge in [0.15, 0.2) is 0 Å². The highest BCUT2D eigenvalue weighted by Gasteiger charge is 2.31. The van der Waals surface area contributed by atoms with Gasteiger partial charge in [0.1, 0.15) is 23.8 Å². The van der Waals surface area contributed by atoms with Crippen LogP contribution in [0.15, 0.2) is 29.2 Å². The highest BCUT2D eigenvalue weighted by atomic mass is 19.1. The van der Waals surface area contributed by atoms with Crippen LogP contribution in [0.2, 0.25) is 0 Å². The summed E-state index contributed by atoms with van der Waals surface area (Å²) in [4.78, 5) is 32.7. The molecule has 9 nitrogen and oxygen atoms in total. The molecule has 2 aliphatic heterocycles. The van der Waals surface area contributed by atoms with Crippen molar-refractivity contribution in [2.24, 2.45) is 5.92 Å². The summed E-state index contributed by atoms with van der Waals surface area (Å²) in [7, 11) is 0. The number of rotatable bonds is 5. The van der Waals surface area contributed by atoms with Crippen molar-refractivity contribution in [3.05, 3.63) is 57.5 Å². The van der Waals surface area contributed by atoms with E-state index in [4.69, 9.17) is 4.74 Å². The van der Waals surface area contributed by atoms with Gasteiger partial charge in [-0.3, -0.25) is 14.5 Å². The zero-order chi connectivity index (χ0) is 24.7. The molecule has 0 aromatic carbocycles. The molecule has 10 heteroatoms. The number of ether oxygens (including phenoxy) is 1. The van der Waals surface area contributed by atoms with E-state index >= 15 is 0 Å². The monoisotopic (exact) mass is 482 g/mol. The summed E-state index contributed by atoms with van der Waals surface area (Å²) < 4.78 is 22.0. The molecule has 0 atom stereocenters. The van der Waals surface area contributed by atoms with E-state index in [1.54, 1.807) is 0 Å². The Kier molecular flexibility index (Phi) is 6.18. The van der Waals surface area contributed by atoms with E-state index in [0.717, 1.165) is 50.2 Å². The second-order valence-electron chi connectivity index (χ2n) is 10.5. The Morgan fingerprint density at radius 3 is 2.69 bits per heavy atom. The molecule has 0 bridgehead atoms. The van der Waals surface area contributed by atoms with Crippen molar-refractivity contribution in [2.45, 2.75) is 58.7 Å². The number of amides is 1. The first-order chi connectivity index (χ1) is 16.7. The molecule has 3 aromatic rings. The minimum atomic E-state index is -0.471. The van der Waals surface area contributed by atoms with Gasteiger partial charge >= 0.3 is 0 Å². The number of halogens is 1. The molecule has 0 saturated carbocycles. The highest BCUT2D eigenvalue weighted by molar-refractivity contribution is 5.90. The summed E-state index contributed by atoms with van der Waals surface area (Å²) in [5.74, 6) is 0.0287. The van der Waals surface area contributed by atoms with Crippen LogP contribution in [-0.4, -0.2) is 49.7 Å². The number of fused-ring (bicyclic) bond motifs is 2. The fourth-order valence-corrected chi connectivity index (χ4v) is 4.84. The molecule has 0 spiro atoms. The van der Waals surface area contributed by atoms with Crippen molar-refractivity contribution in [3.63, 3.8) is 0 Å². The number of aromatic nitrogens is 4. The SMILES string of the molecule is CC(C)(C)c1cc2n(CC(=O)Nc3ccc(F)cn3)c3c(c(=O)n2n1)CN(CC1CCOCC1)C3. The lowest BCUT2D eigenvalue weighted by Gasteiger charge is -2.26. The lowest BCUT2D eigenvalue weighted by Crippen LogP contribution is -2.29. The minimum absolute atomic E-state index is 0.00838. The van der Waals surface area contributed by atoms with Crippen molar-refractivity contribution < 1.29 is 13.9 Å². The summed E-state index contributed by atoms with van der Waals surface area (Å²) in [5, 5.41) is 7.36. The third-order valence-electron chi connectivity index (χ3n) is 6.77. The maximum absolute atomic E-state index is 13.5. The summed E-state index contributed by atoms with van der Waals surface area (Å²) >= 11 is 0. The number of hydrogen-bond donors (Lipinski definition) is 1. The van der Waals surface area contributed by atoms with Gasteiger partial charge in [-0.05, 0) is 30.9 Å². The first-order valence-corrected chi connectivity index (χ1v) is 12.1. The van der Waals surface area contributed by atoms with E-state index in [0.29, 0.717) is 30.2 Å². The van der Waals surface area contributed by atoms with E-state index in [1.807, 2.05) is 31.4 Å². The highest BCUT2D eigenvalue weighted by Crippen LogP contribution is 2.28. The van der Waals surface area contributed by atoms with Gasteiger partial charge in [-0.25, -0.2) is 9.37 Å². The Bertz CT molecular complexity index is 1300. The number of hydrogen-bond acceptors (Lipinski definition) is 6. The standard InChI is InChI=1S/C25H31FN6O3/c1-25(2,3)20-10-23-31(15-22(33)28-21-5-4-17(26)11-27-21)19-14-30(12-16-6-8-35-9-7-16)13-18(19)24(34)32(23)29-20/h4-5,10-11,16H,6-9,12-15H2,1-3H3,(H,27,28,33). The van der Waals surface area contributed by atoms with Gasteiger partial charge in [-0.2, -0.15) is 9.61 Å². The predicted molar refractivity (Wildman–Crippen MR) is 129 cm³/mol. The zero-order valence-electron chi connectivity index (χ0n) is 20.4. The van der Waals surface area contributed by atoms with E-state index in [-0.39, 0.29) is 29.2 Å². The normalized spacial score (nSPS) is 17.1. The smallest absolute Gasteiger partial charge is 0.279 e. The van der Waals surface area contributed by atoms with Crippen molar-refractivity contribution in [3.8, 4) is 0 Å². The zero-order valence-corrected chi connectivity index (χ0v) is 20.4. The number of carbonyl (C=O) groups excluding carboxylic acids is 1. The first kappa shape index (κ1) is 23.6. The van der Waals surface area contributed by atoms with Crippen molar-refractivity contribution in [2.75, 3.05) is 25.1 Å². The van der Waals surface area contributed by atoms with Crippen molar-refractivity contribution in [1.82, 2.24) is 24.1 Å². The van der Waals surface area contributed by atoms with Crippen LogP contribution in [0.25, 0.3) is 5.65 Å². The fourth-order valence-electron chi connectivity index (χ4n) is 4.84. The van der Waals surface area contributed by atoms with Gasteiger partial charge in [0, 0.05) is 50.0 Å². The Morgan fingerprint density at radius 2 is 2.00 bits per heavy atom. The van der Waals surface area contributed by atoms with Crippen molar-refractivity contribution >= 4 is 17.4 Å². The fraction of sp³-hybridized carbons (Fsp3) is 0.520. The van der Waals surface area contributed by atoms with E-state index in [1.165, 1.54) is 16.6 Å². The van der Waals surface area contributed by atoms with Gasteiger partial charge < -0.3 is 14.6 Å².